The molecule has 0 aliphatic carbocycles. The zero-order valence-corrected chi connectivity index (χ0v) is 16.3. The van der Waals surface area contributed by atoms with E-state index in [9.17, 15) is 4.79 Å². The van der Waals surface area contributed by atoms with Gasteiger partial charge < -0.3 is 19.5 Å². The predicted molar refractivity (Wildman–Crippen MR) is 110 cm³/mol. The van der Waals surface area contributed by atoms with Gasteiger partial charge in [-0.15, -0.1) is 0 Å². The molecule has 0 saturated heterocycles. The Kier molecular flexibility index (Phi) is 6.40. The van der Waals surface area contributed by atoms with Gasteiger partial charge in [-0.3, -0.25) is 4.79 Å². The molecule has 0 spiro atoms. The number of rotatable bonds is 7. The Balaban J connectivity index is 1.68. The van der Waals surface area contributed by atoms with Crippen LogP contribution >= 0.6 is 11.6 Å². The Morgan fingerprint density at radius 3 is 2.14 bits per heavy atom. The van der Waals surface area contributed by atoms with E-state index >= 15 is 0 Å². The summed E-state index contributed by atoms with van der Waals surface area (Å²) >= 11 is 6.13. The fraction of sp³-hybridized carbons (Fsp3) is 0.136. The Morgan fingerprint density at radius 1 is 0.893 bits per heavy atom. The molecule has 1 N–H and O–H groups in total. The van der Waals surface area contributed by atoms with E-state index in [1.54, 1.807) is 42.5 Å². The molecule has 5 nitrogen and oxygen atoms in total. The molecule has 6 heteroatoms. The summed E-state index contributed by atoms with van der Waals surface area (Å²) in [7, 11) is 3.02. The van der Waals surface area contributed by atoms with Crippen molar-refractivity contribution >= 4 is 23.2 Å². The third kappa shape index (κ3) is 4.56. The summed E-state index contributed by atoms with van der Waals surface area (Å²) in [6.45, 7) is 0.365. The van der Waals surface area contributed by atoms with Crippen LogP contribution in [0.2, 0.25) is 5.02 Å². The fourth-order valence-electron chi connectivity index (χ4n) is 2.68. The third-order valence-electron chi connectivity index (χ3n) is 4.12. The summed E-state index contributed by atoms with van der Waals surface area (Å²) in [5.41, 5.74) is 1.87. The molecule has 0 fully saturated rings. The molecule has 0 aliphatic rings. The Bertz CT molecular complexity index is 935. The van der Waals surface area contributed by atoms with Crippen molar-refractivity contribution in [2.75, 3.05) is 19.5 Å². The van der Waals surface area contributed by atoms with Crippen molar-refractivity contribution in [1.29, 1.82) is 0 Å². The predicted octanol–water partition coefficient (Wildman–Crippen LogP) is 5.19. The Morgan fingerprint density at radius 2 is 1.54 bits per heavy atom. The number of hydrogen-bond acceptors (Lipinski definition) is 4. The second kappa shape index (κ2) is 9.15. The monoisotopic (exact) mass is 397 g/mol. The van der Waals surface area contributed by atoms with Gasteiger partial charge in [-0.1, -0.05) is 35.9 Å². The minimum absolute atomic E-state index is 0.320. The highest BCUT2D eigenvalue weighted by atomic mass is 35.5. The lowest BCUT2D eigenvalue weighted by atomic mass is 10.1. The van der Waals surface area contributed by atoms with Crippen molar-refractivity contribution in [3.63, 3.8) is 0 Å². The maximum absolute atomic E-state index is 12.7. The summed E-state index contributed by atoms with van der Waals surface area (Å²) < 4.78 is 16.3. The van der Waals surface area contributed by atoms with Gasteiger partial charge in [0.15, 0.2) is 0 Å². The fourth-order valence-corrected chi connectivity index (χ4v) is 2.87. The van der Waals surface area contributed by atoms with E-state index in [1.807, 2.05) is 24.3 Å². The summed E-state index contributed by atoms with van der Waals surface area (Å²) in [4.78, 5) is 12.7. The summed E-state index contributed by atoms with van der Waals surface area (Å²) in [5.74, 6) is 1.24. The highest BCUT2D eigenvalue weighted by Crippen LogP contribution is 2.29. The maximum atomic E-state index is 12.7. The molecule has 28 heavy (non-hydrogen) atoms. The zero-order valence-electron chi connectivity index (χ0n) is 15.6. The molecule has 0 aliphatic heterocycles. The average Bonchev–Trinajstić information content (AvgIpc) is 2.73. The first-order valence-electron chi connectivity index (χ1n) is 8.61. The quantitative estimate of drug-likeness (QED) is 0.596. The normalized spacial score (nSPS) is 10.2. The van der Waals surface area contributed by atoms with Crippen LogP contribution in [-0.2, 0) is 6.61 Å². The van der Waals surface area contributed by atoms with Gasteiger partial charge in [0.1, 0.15) is 29.4 Å². The van der Waals surface area contributed by atoms with Gasteiger partial charge >= 0.3 is 0 Å². The summed E-state index contributed by atoms with van der Waals surface area (Å²) in [5, 5.41) is 3.51. The molecule has 0 bridgehead atoms. The topological polar surface area (TPSA) is 56.8 Å². The van der Waals surface area contributed by atoms with Gasteiger partial charge in [0, 0.05) is 16.3 Å². The summed E-state index contributed by atoms with van der Waals surface area (Å²) in [6, 6.07) is 19.8. The van der Waals surface area contributed by atoms with E-state index in [2.05, 4.69) is 5.32 Å². The zero-order chi connectivity index (χ0) is 19.9. The van der Waals surface area contributed by atoms with Gasteiger partial charge in [-0.05, 0) is 42.5 Å². The summed E-state index contributed by atoms with van der Waals surface area (Å²) in [6.07, 6.45) is 0. The van der Waals surface area contributed by atoms with Crippen LogP contribution in [0.5, 0.6) is 17.2 Å². The molecule has 0 unspecified atom stereocenters. The van der Waals surface area contributed by atoms with Gasteiger partial charge in [-0.2, -0.15) is 0 Å². The van der Waals surface area contributed by atoms with Crippen LogP contribution in [0.25, 0.3) is 0 Å². The average molecular weight is 398 g/mol. The number of amides is 1. The van der Waals surface area contributed by atoms with Crippen molar-refractivity contribution in [2.24, 2.45) is 0 Å². The number of hydrogen-bond donors (Lipinski definition) is 1. The first-order chi connectivity index (χ1) is 13.6. The van der Waals surface area contributed by atoms with Gasteiger partial charge in [0.2, 0.25) is 0 Å². The number of benzene rings is 3. The number of methoxy groups -OCH3 is 2. The molecule has 0 atom stereocenters. The molecule has 3 aromatic rings. The highest BCUT2D eigenvalue weighted by Gasteiger charge is 2.18. The van der Waals surface area contributed by atoms with Crippen LogP contribution in [0.1, 0.15) is 15.9 Å². The van der Waals surface area contributed by atoms with Crippen LogP contribution in [0.4, 0.5) is 5.69 Å². The third-order valence-corrected chi connectivity index (χ3v) is 4.49. The number of nitrogens with one attached hydrogen (secondary N) is 1. The second-order valence-electron chi connectivity index (χ2n) is 5.90. The van der Waals surface area contributed by atoms with E-state index < -0.39 is 0 Å². The Labute approximate surface area is 168 Å². The minimum Gasteiger partial charge on any atom is -0.496 e. The highest BCUT2D eigenvalue weighted by molar-refractivity contribution is 6.31. The molecule has 0 radical (unpaired) electrons. The van der Waals surface area contributed by atoms with Gasteiger partial charge in [-0.25, -0.2) is 0 Å². The molecule has 0 heterocycles. The van der Waals surface area contributed by atoms with E-state index in [-0.39, 0.29) is 5.91 Å². The smallest absolute Gasteiger partial charge is 0.263 e. The minimum atomic E-state index is -0.320. The van der Waals surface area contributed by atoms with Crippen molar-refractivity contribution < 1.29 is 19.0 Å². The maximum Gasteiger partial charge on any atom is 0.263 e. The number of ether oxygens (including phenoxy) is 3. The standard InChI is InChI=1S/C22H20ClNO4/c1-26-19-8-5-9-20(27-2)21(19)22(25)24-16-10-12-17(13-11-16)28-14-15-6-3-4-7-18(15)23/h3-13H,14H2,1-2H3,(H,24,25). The van der Waals surface area contributed by atoms with Gasteiger partial charge in [0.25, 0.3) is 5.91 Å². The van der Waals surface area contributed by atoms with Crippen molar-refractivity contribution in [3.8, 4) is 17.2 Å². The molecule has 3 rings (SSSR count). The molecule has 0 aromatic heterocycles. The van der Waals surface area contributed by atoms with E-state index in [0.717, 1.165) is 5.56 Å². The van der Waals surface area contributed by atoms with Crippen LogP contribution in [0.3, 0.4) is 0 Å². The molecular formula is C22H20ClNO4. The van der Waals surface area contributed by atoms with Gasteiger partial charge in [0.05, 0.1) is 14.2 Å². The SMILES string of the molecule is COc1cccc(OC)c1C(=O)Nc1ccc(OCc2ccccc2Cl)cc1. The second-order valence-corrected chi connectivity index (χ2v) is 6.30. The Hall–Kier alpha value is -3.18. The van der Waals surface area contributed by atoms with Crippen LogP contribution < -0.4 is 19.5 Å². The van der Waals surface area contributed by atoms with Crippen molar-refractivity contribution in [1.82, 2.24) is 0 Å². The van der Waals surface area contributed by atoms with Crippen molar-refractivity contribution in [3.05, 3.63) is 82.9 Å². The number of carbonyl (C=O) groups is 1. The molecule has 0 saturated carbocycles. The first kappa shape index (κ1) is 19.6. The number of carbonyl (C=O) groups excluding carboxylic acids is 1. The van der Waals surface area contributed by atoms with Crippen LogP contribution in [-0.4, -0.2) is 20.1 Å². The molecule has 144 valence electrons. The van der Waals surface area contributed by atoms with Crippen LogP contribution in [0.15, 0.2) is 66.7 Å². The van der Waals surface area contributed by atoms with Crippen LogP contribution in [0, 0.1) is 0 Å². The van der Waals surface area contributed by atoms with E-state index in [0.29, 0.717) is 40.1 Å². The lowest BCUT2D eigenvalue weighted by Gasteiger charge is -2.13. The van der Waals surface area contributed by atoms with E-state index in [4.69, 9.17) is 25.8 Å². The molecule has 1 amide bonds. The first-order valence-corrected chi connectivity index (χ1v) is 8.98. The number of halogens is 1. The largest absolute Gasteiger partial charge is 0.496 e. The lowest BCUT2D eigenvalue weighted by molar-refractivity contribution is 0.102. The lowest BCUT2D eigenvalue weighted by Crippen LogP contribution is -2.14. The molecule has 3 aromatic carbocycles. The number of anilines is 1. The van der Waals surface area contributed by atoms with E-state index in [1.165, 1.54) is 14.2 Å². The van der Waals surface area contributed by atoms with Crippen molar-refractivity contribution in [2.45, 2.75) is 6.61 Å². The molecular weight excluding hydrogens is 378 g/mol.